The van der Waals surface area contributed by atoms with Crippen molar-refractivity contribution in [1.82, 2.24) is 9.13 Å². The van der Waals surface area contributed by atoms with E-state index in [1.165, 1.54) is 11.3 Å². The predicted molar refractivity (Wildman–Crippen MR) is 200 cm³/mol. The highest BCUT2D eigenvalue weighted by molar-refractivity contribution is 7.07. The number of aryl methyl sites for hydroxylation is 1. The van der Waals surface area contributed by atoms with Gasteiger partial charge < -0.3 is 23.5 Å². The van der Waals surface area contributed by atoms with Crippen LogP contribution in [0.1, 0.15) is 61.8 Å². The van der Waals surface area contributed by atoms with Crippen LogP contribution in [-0.4, -0.2) is 34.9 Å². The number of rotatable bonds is 11. The molecular weight excluding hydrogens is 686 g/mol. The van der Waals surface area contributed by atoms with Gasteiger partial charge in [0, 0.05) is 27.7 Å². The molecule has 264 valence electrons. The molecule has 3 aromatic carbocycles. The maximum Gasteiger partial charge on any atom is 0.338 e. The summed E-state index contributed by atoms with van der Waals surface area (Å²) in [6, 6.07) is 22.2. The first-order valence-corrected chi connectivity index (χ1v) is 17.9. The van der Waals surface area contributed by atoms with Crippen LogP contribution in [0.3, 0.4) is 0 Å². The summed E-state index contributed by atoms with van der Waals surface area (Å²) >= 11 is 7.58. The van der Waals surface area contributed by atoms with E-state index in [9.17, 15) is 9.59 Å². The molecule has 1 aliphatic heterocycles. The largest absolute Gasteiger partial charge is 0.493 e. The van der Waals surface area contributed by atoms with Gasteiger partial charge in [-0.05, 0) is 107 Å². The summed E-state index contributed by atoms with van der Waals surface area (Å²) in [5.41, 5.74) is 5.95. The second-order valence-corrected chi connectivity index (χ2v) is 13.8. The second-order valence-electron chi connectivity index (χ2n) is 12.4. The Morgan fingerprint density at radius 3 is 2.45 bits per heavy atom. The average Bonchev–Trinajstić information content (AvgIpc) is 3.56. The average molecular weight is 726 g/mol. The van der Waals surface area contributed by atoms with Crippen molar-refractivity contribution >= 4 is 35.0 Å². The topological polar surface area (TPSA) is 93.3 Å². The van der Waals surface area contributed by atoms with E-state index in [0.717, 1.165) is 34.0 Å². The zero-order valence-corrected chi connectivity index (χ0v) is 31.2. The lowest BCUT2D eigenvalue weighted by Gasteiger charge is -2.25. The molecule has 5 aromatic rings. The SMILES string of the molecule is CCOC(=O)C1=C(C)N=c2s/c(=C/c3cc(C)n(-c4ccc(OCc5ccccc5Cl)cc4)c3C)c(=O)n2[C@@H]1c1ccc(OC(C)C)c(OC)c1. The van der Waals surface area contributed by atoms with E-state index < -0.39 is 12.0 Å². The van der Waals surface area contributed by atoms with Crippen LogP contribution in [0.2, 0.25) is 5.02 Å². The number of esters is 1. The van der Waals surface area contributed by atoms with Crippen molar-refractivity contribution in [3.8, 4) is 22.9 Å². The molecule has 9 nitrogen and oxygen atoms in total. The summed E-state index contributed by atoms with van der Waals surface area (Å²) < 4.78 is 27.3. The molecule has 6 rings (SSSR count). The number of benzene rings is 3. The van der Waals surface area contributed by atoms with Crippen LogP contribution in [0.15, 0.2) is 93.9 Å². The Labute approximate surface area is 305 Å². The number of carbonyl (C=O) groups excluding carboxylic acids is 1. The number of ether oxygens (including phenoxy) is 4. The van der Waals surface area contributed by atoms with E-state index in [1.807, 2.05) is 88.4 Å². The van der Waals surface area contributed by atoms with Gasteiger partial charge in [-0.15, -0.1) is 0 Å². The number of methoxy groups -OCH3 is 1. The molecule has 2 aromatic heterocycles. The highest BCUT2D eigenvalue weighted by atomic mass is 35.5. The monoisotopic (exact) mass is 725 g/mol. The summed E-state index contributed by atoms with van der Waals surface area (Å²) in [4.78, 5) is 32.9. The van der Waals surface area contributed by atoms with Gasteiger partial charge in [0.15, 0.2) is 16.3 Å². The van der Waals surface area contributed by atoms with E-state index in [2.05, 4.69) is 10.6 Å². The lowest BCUT2D eigenvalue weighted by Crippen LogP contribution is -2.40. The number of hydrogen-bond donors (Lipinski definition) is 0. The summed E-state index contributed by atoms with van der Waals surface area (Å²) in [6.07, 6.45) is 1.82. The lowest BCUT2D eigenvalue weighted by molar-refractivity contribution is -0.139. The maximum absolute atomic E-state index is 14.3. The molecule has 0 fully saturated rings. The fourth-order valence-corrected chi connectivity index (χ4v) is 7.48. The number of halogens is 1. The fourth-order valence-electron chi connectivity index (χ4n) is 6.25. The Morgan fingerprint density at radius 2 is 1.76 bits per heavy atom. The normalized spacial score (nSPS) is 14.4. The van der Waals surface area contributed by atoms with Gasteiger partial charge in [0.25, 0.3) is 5.56 Å². The number of allylic oxidation sites excluding steroid dienone is 1. The van der Waals surface area contributed by atoms with Crippen molar-refractivity contribution in [1.29, 1.82) is 0 Å². The first-order chi connectivity index (χ1) is 24.5. The van der Waals surface area contributed by atoms with Gasteiger partial charge in [0.05, 0.1) is 41.7 Å². The molecule has 0 spiro atoms. The maximum atomic E-state index is 14.3. The smallest absolute Gasteiger partial charge is 0.338 e. The zero-order chi connectivity index (χ0) is 36.4. The standard InChI is InChI=1S/C40H40ClN3O6S/c1-8-48-39(46)36-25(5)42-40-44(37(36)27-13-18-33(50-23(2)3)34(20-27)47-7)38(45)35(51-40)21-29-19-24(4)43(26(29)6)30-14-16-31(17-15-30)49-22-28-11-9-10-12-32(28)41/h9-21,23,37H,8,22H2,1-7H3/b35-21+/t37-/m1/s1. The van der Waals surface area contributed by atoms with Crippen molar-refractivity contribution in [2.24, 2.45) is 4.99 Å². The molecule has 0 saturated heterocycles. The summed E-state index contributed by atoms with van der Waals surface area (Å²) in [7, 11) is 1.56. The molecule has 1 atom stereocenters. The van der Waals surface area contributed by atoms with Gasteiger partial charge in [0.2, 0.25) is 0 Å². The van der Waals surface area contributed by atoms with Crippen LogP contribution < -0.4 is 29.1 Å². The van der Waals surface area contributed by atoms with E-state index in [4.69, 9.17) is 35.5 Å². The third-order valence-electron chi connectivity index (χ3n) is 8.59. The highest BCUT2D eigenvalue weighted by Gasteiger charge is 2.34. The number of carbonyl (C=O) groups is 1. The van der Waals surface area contributed by atoms with Crippen molar-refractivity contribution in [2.75, 3.05) is 13.7 Å². The fraction of sp³-hybridized carbons (Fsp3) is 0.275. The Kier molecular flexibility index (Phi) is 10.5. The van der Waals surface area contributed by atoms with Crippen LogP contribution in [0.5, 0.6) is 17.2 Å². The summed E-state index contributed by atoms with van der Waals surface area (Å²) in [6.45, 7) is 12.0. The molecule has 0 saturated carbocycles. The molecule has 11 heteroatoms. The molecule has 1 aliphatic rings. The molecular formula is C40H40ClN3O6S. The summed E-state index contributed by atoms with van der Waals surface area (Å²) in [5, 5.41) is 0.670. The van der Waals surface area contributed by atoms with Crippen LogP contribution in [0.4, 0.5) is 0 Å². The zero-order valence-electron chi connectivity index (χ0n) is 29.7. The minimum absolute atomic E-state index is 0.0695. The van der Waals surface area contributed by atoms with E-state index in [0.29, 0.717) is 49.3 Å². The minimum Gasteiger partial charge on any atom is -0.493 e. The van der Waals surface area contributed by atoms with E-state index in [-0.39, 0.29) is 18.3 Å². The van der Waals surface area contributed by atoms with Crippen molar-refractivity contribution in [3.05, 3.63) is 137 Å². The van der Waals surface area contributed by atoms with Gasteiger partial charge in [-0.2, -0.15) is 0 Å². The molecule has 0 bridgehead atoms. The molecule has 0 N–H and O–H groups in total. The number of fused-ring (bicyclic) bond motifs is 1. The summed E-state index contributed by atoms with van der Waals surface area (Å²) in [5.74, 6) is 1.27. The van der Waals surface area contributed by atoms with Gasteiger partial charge in [-0.3, -0.25) is 9.36 Å². The van der Waals surface area contributed by atoms with Crippen LogP contribution in [0, 0.1) is 13.8 Å². The number of thiazole rings is 1. The van der Waals surface area contributed by atoms with Crippen LogP contribution >= 0.6 is 22.9 Å². The van der Waals surface area contributed by atoms with E-state index in [1.54, 1.807) is 37.7 Å². The predicted octanol–water partition coefficient (Wildman–Crippen LogP) is 7.23. The first kappa shape index (κ1) is 35.8. The quantitative estimate of drug-likeness (QED) is 0.133. The van der Waals surface area contributed by atoms with Gasteiger partial charge in [-0.1, -0.05) is 47.2 Å². The Hall–Kier alpha value is -5.06. The van der Waals surface area contributed by atoms with Crippen molar-refractivity contribution in [2.45, 2.75) is 60.3 Å². The van der Waals surface area contributed by atoms with Crippen LogP contribution in [0.25, 0.3) is 11.8 Å². The molecule has 0 amide bonds. The molecule has 0 unspecified atom stereocenters. The van der Waals surface area contributed by atoms with Gasteiger partial charge in [0.1, 0.15) is 12.4 Å². The highest BCUT2D eigenvalue weighted by Crippen LogP contribution is 2.36. The Balaban J connectivity index is 1.38. The molecule has 0 radical (unpaired) electrons. The number of hydrogen-bond acceptors (Lipinski definition) is 8. The molecule has 51 heavy (non-hydrogen) atoms. The first-order valence-electron chi connectivity index (χ1n) is 16.7. The minimum atomic E-state index is -0.782. The van der Waals surface area contributed by atoms with E-state index >= 15 is 0 Å². The Bertz CT molecular complexity index is 2320. The van der Waals surface area contributed by atoms with Crippen LogP contribution in [-0.2, 0) is 16.1 Å². The van der Waals surface area contributed by atoms with Gasteiger partial charge >= 0.3 is 5.97 Å². The van der Waals surface area contributed by atoms with Crippen molar-refractivity contribution in [3.63, 3.8) is 0 Å². The Morgan fingerprint density at radius 1 is 1.02 bits per heavy atom. The third kappa shape index (κ3) is 7.25. The lowest BCUT2D eigenvalue weighted by atomic mass is 9.95. The molecule has 0 aliphatic carbocycles. The second kappa shape index (κ2) is 15.0. The number of nitrogens with zero attached hydrogens (tertiary/aromatic N) is 3. The third-order valence-corrected chi connectivity index (χ3v) is 9.94. The van der Waals surface area contributed by atoms with Gasteiger partial charge in [-0.25, -0.2) is 9.79 Å². The van der Waals surface area contributed by atoms with Crippen molar-refractivity contribution < 1.29 is 23.7 Å². The molecule has 3 heterocycles. The number of aromatic nitrogens is 2.